The van der Waals surface area contributed by atoms with Crippen molar-refractivity contribution in [2.24, 2.45) is 0 Å². The number of hydrogen-bond donors (Lipinski definition) is 1. The molecule has 0 unspecified atom stereocenters. The molecule has 2 heterocycles. The summed E-state index contributed by atoms with van der Waals surface area (Å²) in [7, 11) is 0. The van der Waals surface area contributed by atoms with E-state index in [2.05, 4.69) is 4.98 Å². The summed E-state index contributed by atoms with van der Waals surface area (Å²) >= 11 is 0. The van der Waals surface area contributed by atoms with Gasteiger partial charge in [0.15, 0.2) is 5.69 Å². The summed E-state index contributed by atoms with van der Waals surface area (Å²) in [5.74, 6) is -2.46. The molecule has 3 rings (SSSR count). The number of nitrogens with zero attached hydrogens (tertiary/aromatic N) is 1. The number of carboxylic acids is 1. The zero-order chi connectivity index (χ0) is 15.9. The SMILES string of the molecule is C[C@H]1CCc2c(-c3ccc(F)cc3F)cc(C(=O)O)nc2O1. The number of carboxylic acid groups (broad SMARTS) is 1. The predicted molar refractivity (Wildman–Crippen MR) is 75.0 cm³/mol. The van der Waals surface area contributed by atoms with Crippen molar-refractivity contribution in [3.63, 3.8) is 0 Å². The van der Waals surface area contributed by atoms with Crippen molar-refractivity contribution in [2.45, 2.75) is 25.9 Å². The van der Waals surface area contributed by atoms with Gasteiger partial charge in [0.1, 0.15) is 11.6 Å². The lowest BCUT2D eigenvalue weighted by Crippen LogP contribution is -2.21. The average molecular weight is 305 g/mol. The summed E-state index contributed by atoms with van der Waals surface area (Å²) in [5.41, 5.74) is 0.938. The Labute approximate surface area is 125 Å². The molecule has 0 spiro atoms. The Bertz CT molecular complexity index is 761. The first-order valence-corrected chi connectivity index (χ1v) is 6.85. The van der Waals surface area contributed by atoms with E-state index >= 15 is 0 Å². The Morgan fingerprint density at radius 3 is 2.77 bits per heavy atom. The molecule has 0 saturated heterocycles. The second-order valence-electron chi connectivity index (χ2n) is 5.24. The molecule has 22 heavy (non-hydrogen) atoms. The Hall–Kier alpha value is -2.50. The maximum absolute atomic E-state index is 14.1. The third kappa shape index (κ3) is 2.52. The predicted octanol–water partition coefficient (Wildman–Crippen LogP) is 3.44. The van der Waals surface area contributed by atoms with Gasteiger partial charge in [-0.25, -0.2) is 18.6 Å². The van der Waals surface area contributed by atoms with Crippen molar-refractivity contribution < 1.29 is 23.4 Å². The van der Waals surface area contributed by atoms with Crippen LogP contribution in [0.4, 0.5) is 8.78 Å². The Kier molecular flexibility index (Phi) is 3.52. The minimum atomic E-state index is -1.23. The molecule has 1 atom stereocenters. The number of benzene rings is 1. The number of aromatic nitrogens is 1. The van der Waals surface area contributed by atoms with Gasteiger partial charge < -0.3 is 9.84 Å². The van der Waals surface area contributed by atoms with E-state index in [9.17, 15) is 13.6 Å². The van der Waals surface area contributed by atoms with Gasteiger partial charge in [0.25, 0.3) is 0 Å². The molecular formula is C16H13F2NO3. The Morgan fingerprint density at radius 2 is 2.09 bits per heavy atom. The maximum atomic E-state index is 14.1. The molecular weight excluding hydrogens is 292 g/mol. The molecule has 1 aromatic carbocycles. The highest BCUT2D eigenvalue weighted by atomic mass is 19.1. The number of ether oxygens (including phenoxy) is 1. The van der Waals surface area contributed by atoms with Gasteiger partial charge in [-0.3, -0.25) is 0 Å². The average Bonchev–Trinajstić information content (AvgIpc) is 2.45. The summed E-state index contributed by atoms with van der Waals surface area (Å²) in [6.07, 6.45) is 1.22. The van der Waals surface area contributed by atoms with Crippen LogP contribution in [0.2, 0.25) is 0 Å². The zero-order valence-corrected chi connectivity index (χ0v) is 11.8. The Morgan fingerprint density at radius 1 is 1.32 bits per heavy atom. The van der Waals surface area contributed by atoms with E-state index in [1.807, 2.05) is 6.92 Å². The molecule has 0 aliphatic carbocycles. The minimum absolute atomic E-state index is 0.0880. The zero-order valence-electron chi connectivity index (χ0n) is 11.8. The molecule has 1 aromatic heterocycles. The molecule has 114 valence electrons. The lowest BCUT2D eigenvalue weighted by molar-refractivity contribution is 0.0687. The van der Waals surface area contributed by atoms with E-state index in [1.165, 1.54) is 12.1 Å². The van der Waals surface area contributed by atoms with Crippen molar-refractivity contribution in [2.75, 3.05) is 0 Å². The first-order valence-electron chi connectivity index (χ1n) is 6.85. The summed E-state index contributed by atoms with van der Waals surface area (Å²) < 4.78 is 32.7. The molecule has 0 amide bonds. The number of fused-ring (bicyclic) bond motifs is 1. The highest BCUT2D eigenvalue weighted by Crippen LogP contribution is 2.36. The highest BCUT2D eigenvalue weighted by molar-refractivity contribution is 5.88. The molecule has 1 aliphatic rings. The van der Waals surface area contributed by atoms with Gasteiger partial charge in [0.2, 0.25) is 5.88 Å². The van der Waals surface area contributed by atoms with Crippen LogP contribution in [0.1, 0.15) is 29.4 Å². The van der Waals surface area contributed by atoms with Gasteiger partial charge in [-0.2, -0.15) is 0 Å². The number of aromatic carboxylic acids is 1. The van der Waals surface area contributed by atoms with Crippen LogP contribution in [0.25, 0.3) is 11.1 Å². The fraction of sp³-hybridized carbons (Fsp3) is 0.250. The first kappa shape index (κ1) is 14.4. The normalized spacial score (nSPS) is 16.8. The molecule has 2 aromatic rings. The van der Waals surface area contributed by atoms with Crippen LogP contribution in [-0.2, 0) is 6.42 Å². The smallest absolute Gasteiger partial charge is 0.354 e. The second kappa shape index (κ2) is 5.36. The molecule has 1 N–H and O–H groups in total. The molecule has 0 fully saturated rings. The topological polar surface area (TPSA) is 59.4 Å². The summed E-state index contributed by atoms with van der Waals surface area (Å²) in [4.78, 5) is 15.2. The van der Waals surface area contributed by atoms with E-state index in [1.54, 1.807) is 0 Å². The van der Waals surface area contributed by atoms with Crippen LogP contribution < -0.4 is 4.74 Å². The fourth-order valence-corrected chi connectivity index (χ4v) is 2.54. The summed E-state index contributed by atoms with van der Waals surface area (Å²) in [6, 6.07) is 4.51. The van der Waals surface area contributed by atoms with Crippen LogP contribution >= 0.6 is 0 Å². The molecule has 0 radical (unpaired) electrons. The standard InChI is InChI=1S/C16H13F2NO3/c1-8-2-4-11-12(10-5-3-9(17)6-13(10)18)7-14(16(20)21)19-15(11)22-8/h3,5-8H,2,4H2,1H3,(H,20,21)/t8-/m0/s1. The van der Waals surface area contributed by atoms with Crippen molar-refractivity contribution in [3.8, 4) is 17.0 Å². The summed E-state index contributed by atoms with van der Waals surface area (Å²) in [6.45, 7) is 1.86. The van der Waals surface area contributed by atoms with Gasteiger partial charge in [0.05, 0.1) is 6.10 Å². The second-order valence-corrected chi connectivity index (χ2v) is 5.24. The largest absolute Gasteiger partial charge is 0.477 e. The molecule has 0 saturated carbocycles. The number of pyridine rings is 1. The van der Waals surface area contributed by atoms with Crippen molar-refractivity contribution in [3.05, 3.63) is 47.2 Å². The maximum Gasteiger partial charge on any atom is 0.354 e. The van der Waals surface area contributed by atoms with Crippen LogP contribution in [0, 0.1) is 11.6 Å². The third-order valence-electron chi connectivity index (χ3n) is 3.64. The number of halogens is 2. The lowest BCUT2D eigenvalue weighted by Gasteiger charge is -2.24. The Balaban J connectivity index is 2.23. The fourth-order valence-electron chi connectivity index (χ4n) is 2.54. The van der Waals surface area contributed by atoms with Gasteiger partial charge in [-0.05, 0) is 43.5 Å². The molecule has 4 nitrogen and oxygen atoms in total. The van der Waals surface area contributed by atoms with Crippen molar-refractivity contribution in [1.29, 1.82) is 0 Å². The highest BCUT2D eigenvalue weighted by Gasteiger charge is 2.25. The monoisotopic (exact) mass is 305 g/mol. The number of rotatable bonds is 2. The number of carbonyl (C=O) groups is 1. The number of hydrogen-bond acceptors (Lipinski definition) is 3. The van der Waals surface area contributed by atoms with E-state index in [4.69, 9.17) is 9.84 Å². The van der Waals surface area contributed by atoms with Crippen LogP contribution in [-0.4, -0.2) is 22.2 Å². The first-order chi connectivity index (χ1) is 10.5. The van der Waals surface area contributed by atoms with E-state index in [0.717, 1.165) is 18.6 Å². The van der Waals surface area contributed by atoms with Gasteiger partial charge >= 0.3 is 5.97 Å². The van der Waals surface area contributed by atoms with Crippen molar-refractivity contribution >= 4 is 5.97 Å². The van der Waals surface area contributed by atoms with Gasteiger partial charge in [-0.1, -0.05) is 0 Å². The summed E-state index contributed by atoms with van der Waals surface area (Å²) in [5, 5.41) is 9.17. The van der Waals surface area contributed by atoms with Crippen LogP contribution in [0.5, 0.6) is 5.88 Å². The van der Waals surface area contributed by atoms with Crippen LogP contribution in [0.15, 0.2) is 24.3 Å². The lowest BCUT2D eigenvalue weighted by atomic mass is 9.94. The minimum Gasteiger partial charge on any atom is -0.477 e. The van der Waals surface area contributed by atoms with Gasteiger partial charge in [-0.15, -0.1) is 0 Å². The van der Waals surface area contributed by atoms with Crippen LogP contribution in [0.3, 0.4) is 0 Å². The van der Waals surface area contributed by atoms with E-state index < -0.39 is 17.6 Å². The third-order valence-corrected chi connectivity index (χ3v) is 3.64. The molecule has 6 heteroatoms. The van der Waals surface area contributed by atoms with Gasteiger partial charge in [0, 0.05) is 17.2 Å². The van der Waals surface area contributed by atoms with E-state index in [0.29, 0.717) is 17.5 Å². The molecule has 1 aliphatic heterocycles. The van der Waals surface area contributed by atoms with E-state index in [-0.39, 0.29) is 23.2 Å². The molecule has 0 bridgehead atoms. The quantitative estimate of drug-likeness (QED) is 0.923. The van der Waals surface area contributed by atoms with Crippen molar-refractivity contribution in [1.82, 2.24) is 4.98 Å².